The lowest BCUT2D eigenvalue weighted by Crippen LogP contribution is -2.29. The topological polar surface area (TPSA) is 171 Å². The average molecular weight is 292 g/mol. The van der Waals surface area contributed by atoms with Crippen molar-refractivity contribution in [2.24, 2.45) is 0 Å². The number of aliphatic hydroxyl groups is 4. The number of hydrogen-bond donors (Lipinski definition) is 6. The molecule has 0 rings (SSSR count). The van der Waals surface area contributed by atoms with Gasteiger partial charge in [0, 0.05) is 0 Å². The van der Waals surface area contributed by atoms with Crippen LogP contribution < -0.4 is 4.89 Å². The van der Waals surface area contributed by atoms with Crippen molar-refractivity contribution >= 4 is 21.1 Å². The van der Waals surface area contributed by atoms with Gasteiger partial charge in [0.1, 0.15) is 12.3 Å². The molecule has 0 spiro atoms. The van der Waals surface area contributed by atoms with E-state index >= 15 is 0 Å². The first-order valence-electron chi connectivity index (χ1n) is 4.35. The summed E-state index contributed by atoms with van der Waals surface area (Å²) in [4.78, 5) is 28.5. The van der Waals surface area contributed by atoms with Gasteiger partial charge in [-0.3, -0.25) is 0 Å². The van der Waals surface area contributed by atoms with Crippen LogP contribution in [0.1, 0.15) is 0 Å². The van der Waals surface area contributed by atoms with Crippen molar-refractivity contribution in [2.45, 2.75) is 12.2 Å². The Balaban J connectivity index is 5.00. The third kappa shape index (κ3) is 7.17. The molecular weight excluding hydrogens is 278 g/mol. The molecular formula is C6H14O9P2. The van der Waals surface area contributed by atoms with Gasteiger partial charge in [0.25, 0.3) is 5.48 Å². The van der Waals surface area contributed by atoms with Gasteiger partial charge in [0.2, 0.25) is 0 Å². The maximum atomic E-state index is 11.5. The van der Waals surface area contributed by atoms with Crippen LogP contribution in [-0.4, -0.2) is 67.3 Å². The van der Waals surface area contributed by atoms with E-state index in [9.17, 15) is 9.46 Å². The van der Waals surface area contributed by atoms with E-state index in [-0.39, 0.29) is 0 Å². The van der Waals surface area contributed by atoms with Gasteiger partial charge in [-0.2, -0.15) is 0 Å². The summed E-state index contributed by atoms with van der Waals surface area (Å²) in [5.41, 5.74) is -0.914. The molecule has 0 aliphatic heterocycles. The van der Waals surface area contributed by atoms with Crippen molar-refractivity contribution in [3.8, 4) is 0 Å². The highest BCUT2D eigenvalue weighted by molar-refractivity contribution is 7.54. The number of rotatable bonds is 7. The summed E-state index contributed by atoms with van der Waals surface area (Å²) < 4.78 is 14.5. The number of phosphoric acid groups is 1. The predicted octanol–water partition coefficient (Wildman–Crippen LogP) is -3.31. The lowest BCUT2D eigenvalue weighted by atomic mass is 10.4. The van der Waals surface area contributed by atoms with Crippen LogP contribution in [0, 0.1) is 0 Å². The minimum Gasteiger partial charge on any atom is -0.629 e. The quantitative estimate of drug-likeness (QED) is 0.263. The fourth-order valence-electron chi connectivity index (χ4n) is 0.812. The molecule has 0 fully saturated rings. The second-order valence-corrected chi connectivity index (χ2v) is 5.74. The minimum atomic E-state index is -5.03. The Kier molecular flexibility index (Phi) is 7.54. The summed E-state index contributed by atoms with van der Waals surface area (Å²) >= 11 is 0. The van der Waals surface area contributed by atoms with Gasteiger partial charge in [-0.1, -0.05) is 0 Å². The number of hydrogen-bond acceptors (Lipinski definition) is 7. The van der Waals surface area contributed by atoms with Gasteiger partial charge in [-0.15, -0.1) is 0 Å². The van der Waals surface area contributed by atoms with Crippen molar-refractivity contribution in [3.05, 3.63) is 0 Å². The molecule has 3 unspecified atom stereocenters. The average Bonchev–Trinajstić information content (AvgIpc) is 2.23. The summed E-state index contributed by atoms with van der Waals surface area (Å²) in [5, 5.41) is 35.2. The Labute approximate surface area is 97.6 Å². The predicted molar refractivity (Wildman–Crippen MR) is 56.1 cm³/mol. The Hall–Kier alpha value is 0.0800. The van der Waals surface area contributed by atoms with Crippen LogP contribution in [0.3, 0.4) is 0 Å². The Bertz CT molecular complexity index is 311. The maximum absolute atomic E-state index is 11.5. The molecule has 102 valence electrons. The molecule has 0 aromatic carbocycles. The normalized spacial score (nSPS) is 17.6. The molecule has 0 saturated carbocycles. The molecule has 0 aromatic rings. The van der Waals surface area contributed by atoms with E-state index in [1.165, 1.54) is 0 Å². The van der Waals surface area contributed by atoms with Crippen LogP contribution in [0.5, 0.6) is 0 Å². The molecule has 0 bridgehead atoms. The van der Waals surface area contributed by atoms with Crippen LogP contribution in [0.2, 0.25) is 0 Å². The highest BCUT2D eigenvalue weighted by Crippen LogP contribution is 2.39. The van der Waals surface area contributed by atoms with Crippen LogP contribution in [-0.2, 0) is 9.09 Å². The van der Waals surface area contributed by atoms with Gasteiger partial charge < -0.3 is 35.1 Å². The van der Waals surface area contributed by atoms with E-state index in [2.05, 4.69) is 4.52 Å². The zero-order valence-corrected chi connectivity index (χ0v) is 10.4. The van der Waals surface area contributed by atoms with Crippen LogP contribution >= 0.6 is 15.6 Å². The van der Waals surface area contributed by atoms with E-state index in [4.69, 9.17) is 30.2 Å². The highest BCUT2D eigenvalue weighted by atomic mass is 31.2. The van der Waals surface area contributed by atoms with Crippen molar-refractivity contribution in [2.75, 3.05) is 19.4 Å². The number of aliphatic hydroxyl groups excluding tert-OH is 4. The van der Waals surface area contributed by atoms with Gasteiger partial charge in [0.05, 0.1) is 21.0 Å². The molecule has 0 aliphatic carbocycles. The third-order valence-corrected chi connectivity index (χ3v) is 3.72. The first-order chi connectivity index (χ1) is 7.71. The maximum Gasteiger partial charge on any atom is 0.477 e. The third-order valence-electron chi connectivity index (χ3n) is 1.50. The minimum absolute atomic E-state index is 0.557. The second kappa shape index (κ2) is 7.50. The Morgan fingerprint density at radius 1 is 1.29 bits per heavy atom. The van der Waals surface area contributed by atoms with E-state index < -0.39 is 52.7 Å². The molecule has 0 radical (unpaired) electrons. The molecule has 17 heavy (non-hydrogen) atoms. The number of phosphoric ester groups is 1. The zero-order valence-electron chi connectivity index (χ0n) is 8.58. The first-order valence-corrected chi connectivity index (χ1v) is 7.33. The Morgan fingerprint density at radius 2 is 1.82 bits per heavy atom. The van der Waals surface area contributed by atoms with E-state index in [1.807, 2.05) is 0 Å². The van der Waals surface area contributed by atoms with Crippen LogP contribution in [0.25, 0.3) is 0 Å². The van der Waals surface area contributed by atoms with Crippen molar-refractivity contribution < 1.29 is 44.2 Å². The van der Waals surface area contributed by atoms with Gasteiger partial charge in [-0.05, 0) is 0 Å². The molecule has 9 nitrogen and oxygen atoms in total. The summed E-state index contributed by atoms with van der Waals surface area (Å²) in [6.45, 7) is -1.66. The Morgan fingerprint density at radius 3 is 2.18 bits per heavy atom. The lowest BCUT2D eigenvalue weighted by molar-refractivity contribution is -0.155. The SMILES string of the molecule is O=P(O)(O)OC(C(O)CO)=[P+]([O-])CC(O)CO. The molecule has 3 atom stereocenters. The fourth-order valence-corrected chi connectivity index (χ4v) is 2.95. The fraction of sp³-hybridized carbons (Fsp3) is 0.833. The zero-order chi connectivity index (χ0) is 13.6. The van der Waals surface area contributed by atoms with Crippen LogP contribution in [0.4, 0.5) is 0 Å². The molecule has 0 amide bonds. The summed E-state index contributed by atoms with van der Waals surface area (Å²) in [7, 11) is -7.70. The van der Waals surface area contributed by atoms with Crippen molar-refractivity contribution in [3.63, 3.8) is 0 Å². The van der Waals surface area contributed by atoms with E-state index in [1.54, 1.807) is 0 Å². The van der Waals surface area contributed by atoms with Gasteiger partial charge >= 0.3 is 7.82 Å². The standard InChI is InChI=1S/C6H14O9P2/c7-1-4(9)3-16(11)6(5(10)2-8)15-17(12,13)14/h4-5,7-10H,1-3H2,(H2,12,13,14). The first kappa shape index (κ1) is 17.1. The van der Waals surface area contributed by atoms with Crippen molar-refractivity contribution in [1.29, 1.82) is 0 Å². The molecule has 0 aromatic heterocycles. The van der Waals surface area contributed by atoms with E-state index in [0.29, 0.717) is 0 Å². The summed E-state index contributed by atoms with van der Waals surface area (Å²) in [5.74, 6) is 0. The smallest absolute Gasteiger partial charge is 0.477 e. The van der Waals surface area contributed by atoms with Crippen LogP contribution in [0.15, 0.2) is 0 Å². The second-order valence-electron chi connectivity index (χ2n) is 3.02. The lowest BCUT2D eigenvalue weighted by Gasteiger charge is -2.13. The van der Waals surface area contributed by atoms with Crippen molar-refractivity contribution in [1.82, 2.24) is 0 Å². The van der Waals surface area contributed by atoms with Gasteiger partial charge in [0.15, 0.2) is 6.10 Å². The van der Waals surface area contributed by atoms with E-state index in [0.717, 1.165) is 0 Å². The largest absolute Gasteiger partial charge is 0.629 e. The van der Waals surface area contributed by atoms with Gasteiger partial charge in [-0.25, -0.2) is 9.09 Å². The summed E-state index contributed by atoms with van der Waals surface area (Å²) in [6, 6.07) is 0. The highest BCUT2D eigenvalue weighted by Gasteiger charge is 2.30. The monoisotopic (exact) mass is 292 g/mol. The summed E-state index contributed by atoms with van der Waals surface area (Å²) in [6.07, 6.45) is -3.80. The molecule has 0 heterocycles. The molecule has 11 heteroatoms. The molecule has 0 aliphatic rings. The molecule has 0 saturated heterocycles. The molecule has 6 N–H and O–H groups in total.